The van der Waals surface area contributed by atoms with Gasteiger partial charge in [-0.25, -0.2) is 0 Å². The van der Waals surface area contributed by atoms with E-state index < -0.39 is 29.7 Å². The van der Waals surface area contributed by atoms with Crippen LogP contribution in [0.25, 0.3) is 0 Å². The molecule has 1 aliphatic heterocycles. The fourth-order valence-electron chi connectivity index (χ4n) is 4.97. The lowest BCUT2D eigenvalue weighted by molar-refractivity contribution is -0.155. The molecule has 10 heteroatoms. The number of rotatable bonds is 11. The van der Waals surface area contributed by atoms with Gasteiger partial charge in [0.1, 0.15) is 0 Å². The van der Waals surface area contributed by atoms with Gasteiger partial charge in [-0.2, -0.15) is 0 Å². The van der Waals surface area contributed by atoms with Crippen LogP contribution in [-0.2, 0) is 25.6 Å². The Bertz CT molecular complexity index is 1430. The zero-order chi connectivity index (χ0) is 28.4. The molecular weight excluding hydrogens is 621 g/mol. The number of carbonyl (C=O) groups is 3. The summed E-state index contributed by atoms with van der Waals surface area (Å²) in [5, 5.41) is 9.89. The predicted octanol–water partition coefficient (Wildman–Crippen LogP) is 7.36. The molecule has 0 saturated heterocycles. The highest BCUT2D eigenvalue weighted by molar-refractivity contribution is 9.10. The van der Waals surface area contributed by atoms with Crippen LogP contribution in [-0.4, -0.2) is 34.5 Å². The quantitative estimate of drug-likeness (QED) is 0.219. The van der Waals surface area contributed by atoms with E-state index in [0.717, 1.165) is 28.4 Å². The molecule has 5 rings (SSSR count). The van der Waals surface area contributed by atoms with Crippen LogP contribution in [0.4, 0.5) is 0 Å². The molecule has 2 aliphatic rings. The first-order chi connectivity index (χ1) is 19.2. The highest BCUT2D eigenvalue weighted by Crippen LogP contribution is 2.59. The third-order valence-corrected chi connectivity index (χ3v) is 8.40. The van der Waals surface area contributed by atoms with E-state index in [-0.39, 0.29) is 25.4 Å². The van der Waals surface area contributed by atoms with Gasteiger partial charge in [-0.1, -0.05) is 69.5 Å². The predicted molar refractivity (Wildman–Crippen MR) is 153 cm³/mol. The smallest absolute Gasteiger partial charge is 0.306 e. The number of fused-ring (bicyclic) bond motifs is 1. The maximum atomic E-state index is 13.6. The zero-order valence-corrected chi connectivity index (χ0v) is 24.4. The monoisotopic (exact) mass is 645 g/mol. The lowest BCUT2D eigenvalue weighted by Gasteiger charge is -2.34. The molecule has 7 nitrogen and oxygen atoms in total. The van der Waals surface area contributed by atoms with Crippen LogP contribution in [0.15, 0.2) is 71.2 Å². The fourth-order valence-corrected chi connectivity index (χ4v) is 5.62. The molecule has 2 unspecified atom stereocenters. The van der Waals surface area contributed by atoms with Gasteiger partial charge in [-0.3, -0.25) is 14.4 Å². The number of amides is 1. The van der Waals surface area contributed by atoms with E-state index in [1.165, 1.54) is 0 Å². The van der Waals surface area contributed by atoms with Crippen LogP contribution in [0.2, 0.25) is 10.0 Å². The number of hydrogen-bond acceptors (Lipinski definition) is 5. The van der Waals surface area contributed by atoms with Gasteiger partial charge in [-0.15, -0.1) is 0 Å². The zero-order valence-electron chi connectivity index (χ0n) is 21.3. The van der Waals surface area contributed by atoms with Crippen LogP contribution in [0.5, 0.6) is 0 Å². The number of carboxylic acids is 1. The first-order valence-corrected chi connectivity index (χ1v) is 14.3. The van der Waals surface area contributed by atoms with Crippen molar-refractivity contribution in [2.24, 2.45) is 5.41 Å². The van der Waals surface area contributed by atoms with E-state index in [1.807, 2.05) is 36.4 Å². The third kappa shape index (κ3) is 6.20. The summed E-state index contributed by atoms with van der Waals surface area (Å²) in [7, 11) is 0. The number of halogens is 3. The Morgan fingerprint density at radius 1 is 1.02 bits per heavy atom. The minimum Gasteiger partial charge on any atom is -0.481 e. The summed E-state index contributed by atoms with van der Waals surface area (Å²) in [6, 6.07) is 20.2. The molecule has 40 heavy (non-hydrogen) atoms. The Morgan fingerprint density at radius 2 is 1.73 bits per heavy atom. The molecule has 3 aromatic rings. The van der Waals surface area contributed by atoms with E-state index in [1.54, 1.807) is 35.2 Å². The van der Waals surface area contributed by atoms with Crippen LogP contribution in [0, 0.1) is 5.41 Å². The molecule has 0 bridgehead atoms. The average Bonchev–Trinajstić information content (AvgIpc) is 3.67. The highest BCUT2D eigenvalue weighted by atomic mass is 79.9. The second-order valence-electron chi connectivity index (χ2n) is 10.1. The molecule has 0 spiro atoms. The third-order valence-electron chi connectivity index (χ3n) is 7.29. The van der Waals surface area contributed by atoms with Gasteiger partial charge in [0.15, 0.2) is 6.23 Å². The fraction of sp³-hybridized carbons (Fsp3) is 0.300. The second kappa shape index (κ2) is 11.9. The van der Waals surface area contributed by atoms with Gasteiger partial charge in [0.05, 0.1) is 25.6 Å². The minimum absolute atomic E-state index is 0.0570. The summed E-state index contributed by atoms with van der Waals surface area (Å²) in [6.45, 7) is 0.355. The standard InChI is InChI=1S/C30H26BrCl2NO6/c31-20-8-4-18(5-9-20)16-34-28(38)22-2-1-3-23(33)26(22)29(34)40-27(19-6-10-21(32)11-7-19)30(14-15-30)17-39-25(37)13-12-24(35)36/h1-11,27,29H,12-17H2,(H,35,36). The van der Waals surface area contributed by atoms with E-state index in [2.05, 4.69) is 15.9 Å². The second-order valence-corrected chi connectivity index (χ2v) is 11.9. The van der Waals surface area contributed by atoms with Crippen molar-refractivity contribution in [3.8, 4) is 0 Å². The Labute approximate surface area is 250 Å². The Kier molecular flexibility index (Phi) is 8.52. The van der Waals surface area contributed by atoms with Gasteiger partial charge in [0.25, 0.3) is 5.91 Å². The molecule has 0 radical (unpaired) electrons. The van der Waals surface area contributed by atoms with Crippen molar-refractivity contribution >= 4 is 57.0 Å². The molecule has 1 N–H and O–H groups in total. The van der Waals surface area contributed by atoms with Gasteiger partial charge in [0, 0.05) is 37.6 Å². The van der Waals surface area contributed by atoms with Gasteiger partial charge >= 0.3 is 11.9 Å². The number of carboxylic acid groups (broad SMARTS) is 1. The molecule has 1 aliphatic carbocycles. The van der Waals surface area contributed by atoms with Gasteiger partial charge in [0.2, 0.25) is 0 Å². The number of benzene rings is 3. The van der Waals surface area contributed by atoms with Crippen molar-refractivity contribution in [3.05, 3.63) is 104 Å². The van der Waals surface area contributed by atoms with Gasteiger partial charge < -0.3 is 19.5 Å². The number of esters is 1. The maximum absolute atomic E-state index is 13.6. The van der Waals surface area contributed by atoms with Crippen LogP contribution in [0.1, 0.15) is 65.1 Å². The molecular formula is C30H26BrCl2NO6. The van der Waals surface area contributed by atoms with Crippen molar-refractivity contribution in [2.75, 3.05) is 6.61 Å². The molecule has 3 aromatic carbocycles. The summed E-state index contributed by atoms with van der Waals surface area (Å²) < 4.78 is 13.3. The van der Waals surface area contributed by atoms with E-state index in [4.69, 9.17) is 37.8 Å². The first-order valence-electron chi connectivity index (χ1n) is 12.8. The van der Waals surface area contributed by atoms with Crippen molar-refractivity contribution < 1.29 is 29.0 Å². The topological polar surface area (TPSA) is 93.1 Å². The van der Waals surface area contributed by atoms with Crippen molar-refractivity contribution in [2.45, 2.75) is 44.6 Å². The number of ether oxygens (including phenoxy) is 2. The van der Waals surface area contributed by atoms with Crippen LogP contribution in [0.3, 0.4) is 0 Å². The average molecular weight is 647 g/mol. The summed E-state index contributed by atoms with van der Waals surface area (Å²) in [6.07, 6.45) is -0.429. The lowest BCUT2D eigenvalue weighted by Crippen LogP contribution is -2.33. The normalized spacial score (nSPS) is 17.8. The summed E-state index contributed by atoms with van der Waals surface area (Å²) in [4.78, 5) is 38.5. The number of nitrogens with zero attached hydrogens (tertiary/aromatic N) is 1. The number of carbonyl (C=O) groups excluding carboxylic acids is 2. The van der Waals surface area contributed by atoms with Crippen molar-refractivity contribution in [1.29, 1.82) is 0 Å². The SMILES string of the molecule is O=C(O)CCC(=O)OCC1(C(OC2c3c(Cl)cccc3C(=O)N2Cc2ccc(Br)cc2)c2ccc(Cl)cc2)CC1. The molecule has 1 saturated carbocycles. The lowest BCUT2D eigenvalue weighted by atomic mass is 9.93. The van der Waals surface area contributed by atoms with E-state index >= 15 is 0 Å². The minimum atomic E-state index is -1.06. The summed E-state index contributed by atoms with van der Waals surface area (Å²) in [5.74, 6) is -1.83. The van der Waals surface area contributed by atoms with Crippen LogP contribution >= 0.6 is 39.1 Å². The first kappa shape index (κ1) is 28.6. The van der Waals surface area contributed by atoms with Crippen LogP contribution < -0.4 is 0 Å². The summed E-state index contributed by atoms with van der Waals surface area (Å²) in [5.41, 5.74) is 2.27. The molecule has 2 atom stereocenters. The molecule has 208 valence electrons. The molecule has 1 heterocycles. The van der Waals surface area contributed by atoms with E-state index in [0.29, 0.717) is 27.7 Å². The number of aliphatic carboxylic acids is 1. The largest absolute Gasteiger partial charge is 0.481 e. The Morgan fingerprint density at radius 3 is 2.38 bits per heavy atom. The molecule has 1 fully saturated rings. The van der Waals surface area contributed by atoms with E-state index in [9.17, 15) is 14.4 Å². The molecule has 0 aromatic heterocycles. The molecule has 1 amide bonds. The Hall–Kier alpha value is -2.91. The Balaban J connectivity index is 1.48. The highest BCUT2D eigenvalue weighted by Gasteiger charge is 2.54. The van der Waals surface area contributed by atoms with Crippen molar-refractivity contribution in [1.82, 2.24) is 4.90 Å². The number of hydrogen-bond donors (Lipinski definition) is 1. The maximum Gasteiger partial charge on any atom is 0.306 e. The van der Waals surface area contributed by atoms with Gasteiger partial charge in [-0.05, 0) is 60.4 Å². The summed E-state index contributed by atoms with van der Waals surface area (Å²) >= 11 is 16.3. The van der Waals surface area contributed by atoms with Crippen molar-refractivity contribution in [3.63, 3.8) is 0 Å².